The Bertz CT molecular complexity index is 1310. The number of likely N-dealkylation sites (tertiary alicyclic amines) is 1. The first kappa shape index (κ1) is 19.6. The summed E-state index contributed by atoms with van der Waals surface area (Å²) in [6, 6.07) is 13.5. The SMILES string of the molecule is N#Cc1cc(-c2cc3n(n2)CCC32CCN(C(=O)N[C@@H]3COc4ccccc43)C2)cnc1N. The van der Waals surface area contributed by atoms with Crippen LogP contribution in [0.5, 0.6) is 5.75 Å². The number of nitriles is 1. The van der Waals surface area contributed by atoms with Gasteiger partial charge in [-0.05, 0) is 31.0 Å². The summed E-state index contributed by atoms with van der Waals surface area (Å²) in [5.74, 6) is 1.06. The van der Waals surface area contributed by atoms with Crippen LogP contribution in [0, 0.1) is 11.3 Å². The highest BCUT2D eigenvalue weighted by Gasteiger charge is 2.47. The van der Waals surface area contributed by atoms with Crippen LogP contribution in [0.25, 0.3) is 11.3 Å². The van der Waals surface area contributed by atoms with Crippen molar-refractivity contribution in [3.8, 4) is 23.1 Å². The summed E-state index contributed by atoms with van der Waals surface area (Å²) in [7, 11) is 0. The predicted molar refractivity (Wildman–Crippen MR) is 120 cm³/mol. The molecule has 0 aliphatic carbocycles. The second-order valence-corrected chi connectivity index (χ2v) is 8.96. The van der Waals surface area contributed by atoms with Crippen LogP contribution < -0.4 is 15.8 Å². The largest absolute Gasteiger partial charge is 0.491 e. The molecule has 0 radical (unpaired) electrons. The van der Waals surface area contributed by atoms with Crippen LogP contribution in [0.2, 0.25) is 0 Å². The van der Waals surface area contributed by atoms with E-state index in [0.717, 1.165) is 47.7 Å². The molecule has 33 heavy (non-hydrogen) atoms. The maximum Gasteiger partial charge on any atom is 0.318 e. The third-order valence-electron chi connectivity index (χ3n) is 7.10. The van der Waals surface area contributed by atoms with E-state index in [1.165, 1.54) is 0 Å². The lowest BCUT2D eigenvalue weighted by atomic mass is 9.82. The molecule has 1 unspecified atom stereocenters. The number of nitrogens with one attached hydrogen (secondary N) is 1. The van der Waals surface area contributed by atoms with E-state index < -0.39 is 0 Å². The molecule has 1 spiro atoms. The number of aryl methyl sites for hydroxylation is 1. The number of carbonyl (C=O) groups is 1. The minimum Gasteiger partial charge on any atom is -0.491 e. The lowest BCUT2D eigenvalue weighted by molar-refractivity contribution is 0.197. The van der Waals surface area contributed by atoms with Crippen molar-refractivity contribution in [3.05, 3.63) is 59.4 Å². The summed E-state index contributed by atoms with van der Waals surface area (Å²) in [5, 5.41) is 17.2. The van der Waals surface area contributed by atoms with E-state index in [0.29, 0.717) is 25.3 Å². The lowest BCUT2D eigenvalue weighted by Crippen LogP contribution is -2.42. The van der Waals surface area contributed by atoms with Crippen LogP contribution in [0.3, 0.4) is 0 Å². The van der Waals surface area contributed by atoms with Crippen molar-refractivity contribution in [2.75, 3.05) is 25.4 Å². The molecule has 1 saturated heterocycles. The van der Waals surface area contributed by atoms with Gasteiger partial charge >= 0.3 is 6.03 Å². The number of rotatable bonds is 2. The number of ether oxygens (including phenoxy) is 1. The summed E-state index contributed by atoms with van der Waals surface area (Å²) in [4.78, 5) is 19.1. The van der Waals surface area contributed by atoms with Gasteiger partial charge in [-0.1, -0.05) is 18.2 Å². The molecule has 3 aliphatic rings. The molecule has 2 aromatic heterocycles. The summed E-state index contributed by atoms with van der Waals surface area (Å²) in [6.07, 6.45) is 3.50. The van der Waals surface area contributed by atoms with Gasteiger partial charge in [-0.15, -0.1) is 0 Å². The van der Waals surface area contributed by atoms with Gasteiger partial charge < -0.3 is 20.7 Å². The molecule has 166 valence electrons. The summed E-state index contributed by atoms with van der Waals surface area (Å²) < 4.78 is 7.73. The Kier molecular flexibility index (Phi) is 4.30. The number of fused-ring (bicyclic) bond motifs is 3. The molecular formula is C24H23N7O2. The molecule has 3 N–H and O–H groups in total. The molecule has 0 saturated carbocycles. The van der Waals surface area contributed by atoms with Gasteiger partial charge in [0.05, 0.1) is 17.3 Å². The number of nitrogens with two attached hydrogens (primary N) is 1. The van der Waals surface area contributed by atoms with Crippen LogP contribution in [0.4, 0.5) is 10.6 Å². The van der Waals surface area contributed by atoms with E-state index >= 15 is 0 Å². The van der Waals surface area contributed by atoms with Gasteiger partial charge in [-0.2, -0.15) is 10.4 Å². The molecule has 1 aromatic carbocycles. The fraction of sp³-hybridized carbons (Fsp3) is 0.333. The van der Waals surface area contributed by atoms with Gasteiger partial charge in [-0.3, -0.25) is 4.68 Å². The zero-order valence-electron chi connectivity index (χ0n) is 18.0. The van der Waals surface area contributed by atoms with E-state index in [1.807, 2.05) is 33.8 Å². The van der Waals surface area contributed by atoms with Gasteiger partial charge in [-0.25, -0.2) is 9.78 Å². The fourth-order valence-electron chi connectivity index (χ4n) is 5.29. The van der Waals surface area contributed by atoms with E-state index in [1.54, 1.807) is 12.3 Å². The number of hydrogen-bond donors (Lipinski definition) is 2. The first-order valence-electron chi connectivity index (χ1n) is 11.1. The minimum absolute atomic E-state index is 0.0586. The molecule has 9 nitrogen and oxygen atoms in total. The zero-order chi connectivity index (χ0) is 22.6. The smallest absolute Gasteiger partial charge is 0.318 e. The molecule has 1 fully saturated rings. The number of nitrogens with zero attached hydrogens (tertiary/aromatic N) is 5. The predicted octanol–water partition coefficient (Wildman–Crippen LogP) is 2.59. The van der Waals surface area contributed by atoms with Crippen molar-refractivity contribution < 1.29 is 9.53 Å². The Morgan fingerprint density at radius 1 is 1.27 bits per heavy atom. The van der Waals surface area contributed by atoms with E-state index in [2.05, 4.69) is 22.4 Å². The van der Waals surface area contributed by atoms with E-state index in [9.17, 15) is 10.1 Å². The fourth-order valence-corrected chi connectivity index (χ4v) is 5.29. The van der Waals surface area contributed by atoms with Gasteiger partial charge in [0.15, 0.2) is 0 Å². The van der Waals surface area contributed by atoms with Crippen molar-refractivity contribution in [1.29, 1.82) is 5.26 Å². The number of hydrogen-bond acceptors (Lipinski definition) is 6. The molecular weight excluding hydrogens is 418 g/mol. The van der Waals surface area contributed by atoms with Crippen LogP contribution in [0.15, 0.2) is 42.6 Å². The zero-order valence-corrected chi connectivity index (χ0v) is 18.0. The summed E-state index contributed by atoms with van der Waals surface area (Å²) in [5.41, 5.74) is 9.71. The lowest BCUT2D eigenvalue weighted by Gasteiger charge is -2.24. The summed E-state index contributed by atoms with van der Waals surface area (Å²) in [6.45, 7) is 2.62. The van der Waals surface area contributed by atoms with Crippen molar-refractivity contribution in [3.63, 3.8) is 0 Å². The Hall–Kier alpha value is -4.06. The number of carbonyl (C=O) groups excluding carboxylic acids is 1. The normalized spacial score (nSPS) is 22.6. The average Bonchev–Trinajstić information content (AvgIpc) is 3.60. The third-order valence-corrected chi connectivity index (χ3v) is 7.10. The van der Waals surface area contributed by atoms with Crippen LogP contribution >= 0.6 is 0 Å². The number of amides is 2. The quantitative estimate of drug-likeness (QED) is 0.630. The Morgan fingerprint density at radius 2 is 2.12 bits per heavy atom. The number of nitrogen functional groups attached to an aromatic ring is 1. The molecule has 9 heteroatoms. The van der Waals surface area contributed by atoms with Crippen LogP contribution in [-0.4, -0.2) is 45.4 Å². The number of urea groups is 1. The highest BCUT2D eigenvalue weighted by atomic mass is 16.5. The number of aromatic nitrogens is 3. The highest BCUT2D eigenvalue weighted by Crippen LogP contribution is 2.44. The van der Waals surface area contributed by atoms with Crippen LogP contribution in [0.1, 0.15) is 35.7 Å². The van der Waals surface area contributed by atoms with Crippen molar-refractivity contribution in [2.24, 2.45) is 0 Å². The molecule has 6 rings (SSSR count). The van der Waals surface area contributed by atoms with E-state index in [4.69, 9.17) is 15.6 Å². The minimum atomic E-state index is -0.127. The molecule has 5 heterocycles. The van der Waals surface area contributed by atoms with Gasteiger partial charge in [0.25, 0.3) is 0 Å². The van der Waals surface area contributed by atoms with Crippen molar-refractivity contribution in [2.45, 2.75) is 30.8 Å². The molecule has 0 bridgehead atoms. The molecule has 2 amide bonds. The van der Waals surface area contributed by atoms with Gasteiger partial charge in [0.1, 0.15) is 24.2 Å². The van der Waals surface area contributed by atoms with Gasteiger partial charge in [0.2, 0.25) is 0 Å². The second-order valence-electron chi connectivity index (χ2n) is 8.96. The second kappa shape index (κ2) is 7.24. The average molecular weight is 441 g/mol. The Labute approximate surface area is 190 Å². The van der Waals surface area contributed by atoms with Crippen LogP contribution in [-0.2, 0) is 12.0 Å². The maximum atomic E-state index is 13.1. The number of pyridine rings is 1. The molecule has 2 atom stereocenters. The molecule has 3 aliphatic heterocycles. The summed E-state index contributed by atoms with van der Waals surface area (Å²) >= 11 is 0. The topological polar surface area (TPSA) is 122 Å². The number of benzene rings is 1. The van der Waals surface area contributed by atoms with E-state index in [-0.39, 0.29) is 23.3 Å². The first-order valence-corrected chi connectivity index (χ1v) is 11.1. The first-order chi connectivity index (χ1) is 16.1. The third kappa shape index (κ3) is 3.09. The van der Waals surface area contributed by atoms with Crippen molar-refractivity contribution >= 4 is 11.8 Å². The Morgan fingerprint density at radius 3 is 3.00 bits per heavy atom. The molecule has 3 aromatic rings. The Balaban J connectivity index is 1.20. The van der Waals surface area contributed by atoms with Crippen molar-refractivity contribution in [1.82, 2.24) is 25.0 Å². The highest BCUT2D eigenvalue weighted by molar-refractivity contribution is 5.76. The maximum absolute atomic E-state index is 13.1. The monoisotopic (exact) mass is 441 g/mol. The van der Waals surface area contributed by atoms with Gasteiger partial charge in [0, 0.05) is 48.1 Å². The number of para-hydroxylation sites is 1. The number of anilines is 1. The standard InChI is InChI=1S/C24H23N7O2/c25-11-15-9-16(12-27-22(15)26)18-10-21-24(6-8-31(21)29-18)5-7-30(14-24)23(32)28-19-13-33-20-4-2-1-3-17(19)20/h1-4,9-10,12,19H,5-8,13-14H2,(H2,26,27)(H,28,32)/t19-,24?/m1/s1.